The van der Waals surface area contributed by atoms with Gasteiger partial charge in [0.15, 0.2) is 11.6 Å². The van der Waals surface area contributed by atoms with Gasteiger partial charge in [0, 0.05) is 25.2 Å². The molecule has 21 heavy (non-hydrogen) atoms. The standard InChI is InChI=1S/C15H22FN3O2/c1-4-7-21-13-9-12(11(17)8-10(13)16)19-6-5-18-14(20)15(19,2)3/h8-9H,4-7,17H2,1-3H3,(H,18,20). The molecule has 0 saturated carbocycles. The molecule has 1 saturated heterocycles. The van der Waals surface area contributed by atoms with Crippen molar-refractivity contribution in [2.45, 2.75) is 32.7 Å². The van der Waals surface area contributed by atoms with Crippen LogP contribution in [-0.2, 0) is 4.79 Å². The van der Waals surface area contributed by atoms with Crippen molar-refractivity contribution in [3.63, 3.8) is 0 Å². The smallest absolute Gasteiger partial charge is 0.245 e. The van der Waals surface area contributed by atoms with Gasteiger partial charge >= 0.3 is 0 Å². The van der Waals surface area contributed by atoms with Crippen molar-refractivity contribution in [2.24, 2.45) is 0 Å². The highest BCUT2D eigenvalue weighted by molar-refractivity contribution is 5.91. The predicted octanol–water partition coefficient (Wildman–Crippen LogP) is 1.91. The summed E-state index contributed by atoms with van der Waals surface area (Å²) >= 11 is 0. The molecule has 1 aromatic rings. The number of halogens is 1. The number of carbonyl (C=O) groups excluding carboxylic acids is 1. The van der Waals surface area contributed by atoms with Crippen LogP contribution in [0.25, 0.3) is 0 Å². The second-order valence-corrected chi connectivity index (χ2v) is 5.66. The summed E-state index contributed by atoms with van der Waals surface area (Å²) < 4.78 is 19.3. The van der Waals surface area contributed by atoms with Gasteiger partial charge in [0.1, 0.15) is 5.54 Å². The summed E-state index contributed by atoms with van der Waals surface area (Å²) in [5, 5.41) is 2.83. The number of ether oxygens (including phenoxy) is 1. The molecule has 0 spiro atoms. The first-order valence-electron chi connectivity index (χ1n) is 7.15. The molecule has 0 aliphatic carbocycles. The first-order valence-corrected chi connectivity index (χ1v) is 7.15. The Bertz CT molecular complexity index is 546. The summed E-state index contributed by atoms with van der Waals surface area (Å²) in [7, 11) is 0. The molecule has 1 aliphatic heterocycles. The van der Waals surface area contributed by atoms with Crippen molar-refractivity contribution in [3.05, 3.63) is 17.9 Å². The molecule has 5 nitrogen and oxygen atoms in total. The van der Waals surface area contributed by atoms with Crippen LogP contribution in [0, 0.1) is 5.82 Å². The van der Waals surface area contributed by atoms with E-state index < -0.39 is 11.4 Å². The minimum atomic E-state index is -0.744. The lowest BCUT2D eigenvalue weighted by Gasteiger charge is -2.43. The largest absolute Gasteiger partial charge is 0.490 e. The third kappa shape index (κ3) is 2.89. The van der Waals surface area contributed by atoms with Gasteiger partial charge in [-0.3, -0.25) is 4.79 Å². The quantitative estimate of drug-likeness (QED) is 0.833. The molecule has 1 aliphatic rings. The Kier molecular flexibility index (Phi) is 4.25. The maximum Gasteiger partial charge on any atom is 0.245 e. The van der Waals surface area contributed by atoms with Crippen LogP contribution in [-0.4, -0.2) is 31.1 Å². The molecular formula is C15H22FN3O2. The fourth-order valence-corrected chi connectivity index (χ4v) is 2.44. The molecule has 1 fully saturated rings. The van der Waals surface area contributed by atoms with E-state index in [9.17, 15) is 9.18 Å². The van der Waals surface area contributed by atoms with E-state index in [1.807, 2.05) is 25.7 Å². The normalized spacial score (nSPS) is 17.5. The number of hydrogen-bond donors (Lipinski definition) is 2. The van der Waals surface area contributed by atoms with E-state index in [1.54, 1.807) is 6.07 Å². The van der Waals surface area contributed by atoms with Gasteiger partial charge in [-0.15, -0.1) is 0 Å². The van der Waals surface area contributed by atoms with Crippen LogP contribution in [0.5, 0.6) is 5.75 Å². The Balaban J connectivity index is 2.40. The molecule has 3 N–H and O–H groups in total. The van der Waals surface area contributed by atoms with E-state index in [4.69, 9.17) is 10.5 Å². The summed E-state index contributed by atoms with van der Waals surface area (Å²) in [6, 6.07) is 2.84. The molecule has 0 aromatic heterocycles. The summed E-state index contributed by atoms with van der Waals surface area (Å²) in [4.78, 5) is 13.9. The molecule has 1 aromatic carbocycles. The fraction of sp³-hybridized carbons (Fsp3) is 0.533. The van der Waals surface area contributed by atoms with Crippen LogP contribution in [0.1, 0.15) is 27.2 Å². The molecule has 2 rings (SSSR count). The zero-order valence-corrected chi connectivity index (χ0v) is 12.7. The van der Waals surface area contributed by atoms with E-state index in [1.165, 1.54) is 6.07 Å². The third-order valence-corrected chi connectivity index (χ3v) is 3.69. The number of nitrogens with one attached hydrogen (secondary N) is 1. The third-order valence-electron chi connectivity index (χ3n) is 3.69. The van der Waals surface area contributed by atoms with E-state index in [0.29, 0.717) is 31.1 Å². The predicted molar refractivity (Wildman–Crippen MR) is 81.0 cm³/mol. The fourth-order valence-electron chi connectivity index (χ4n) is 2.44. The van der Waals surface area contributed by atoms with Gasteiger partial charge in [-0.05, 0) is 20.3 Å². The van der Waals surface area contributed by atoms with Gasteiger partial charge in [0.05, 0.1) is 18.0 Å². The Hall–Kier alpha value is -1.98. The van der Waals surface area contributed by atoms with Crippen molar-refractivity contribution in [2.75, 3.05) is 30.3 Å². The average Bonchev–Trinajstić information content (AvgIpc) is 2.42. The summed E-state index contributed by atoms with van der Waals surface area (Å²) in [5.41, 5.74) is 6.14. The van der Waals surface area contributed by atoms with Crippen LogP contribution < -0.4 is 20.7 Å². The molecule has 1 heterocycles. The van der Waals surface area contributed by atoms with E-state index in [2.05, 4.69) is 5.32 Å². The van der Waals surface area contributed by atoms with Gasteiger partial charge < -0.3 is 20.7 Å². The second kappa shape index (κ2) is 5.79. The number of hydrogen-bond acceptors (Lipinski definition) is 4. The van der Waals surface area contributed by atoms with Crippen molar-refractivity contribution in [3.8, 4) is 5.75 Å². The van der Waals surface area contributed by atoms with Crippen molar-refractivity contribution < 1.29 is 13.9 Å². The highest BCUT2D eigenvalue weighted by atomic mass is 19.1. The Morgan fingerprint density at radius 2 is 2.19 bits per heavy atom. The topological polar surface area (TPSA) is 67.6 Å². The molecule has 0 bridgehead atoms. The number of benzene rings is 1. The highest BCUT2D eigenvalue weighted by Gasteiger charge is 2.38. The lowest BCUT2D eigenvalue weighted by Crippen LogP contribution is -2.62. The lowest BCUT2D eigenvalue weighted by molar-refractivity contribution is -0.126. The van der Waals surface area contributed by atoms with Crippen LogP contribution >= 0.6 is 0 Å². The summed E-state index contributed by atoms with van der Waals surface area (Å²) in [5.74, 6) is -0.389. The number of nitrogen functional groups attached to an aromatic ring is 1. The van der Waals surface area contributed by atoms with Crippen molar-refractivity contribution >= 4 is 17.3 Å². The minimum absolute atomic E-state index is 0.0755. The monoisotopic (exact) mass is 295 g/mol. The van der Waals surface area contributed by atoms with E-state index >= 15 is 0 Å². The number of nitrogens with zero attached hydrogens (tertiary/aromatic N) is 1. The molecule has 0 radical (unpaired) electrons. The van der Waals surface area contributed by atoms with Crippen molar-refractivity contribution in [1.29, 1.82) is 0 Å². The Morgan fingerprint density at radius 1 is 1.48 bits per heavy atom. The van der Waals surface area contributed by atoms with E-state index in [0.717, 1.165) is 6.42 Å². The molecule has 116 valence electrons. The minimum Gasteiger partial charge on any atom is -0.490 e. The molecule has 0 unspecified atom stereocenters. The molecule has 0 atom stereocenters. The van der Waals surface area contributed by atoms with Gasteiger partial charge in [0.25, 0.3) is 0 Å². The maximum absolute atomic E-state index is 13.9. The van der Waals surface area contributed by atoms with Crippen LogP contribution in [0.4, 0.5) is 15.8 Å². The molecule has 6 heteroatoms. The first kappa shape index (κ1) is 15.4. The number of piperazine rings is 1. The zero-order chi connectivity index (χ0) is 15.6. The summed E-state index contributed by atoms with van der Waals surface area (Å²) in [6.07, 6.45) is 0.788. The average molecular weight is 295 g/mol. The van der Waals surface area contributed by atoms with Crippen LogP contribution in [0.15, 0.2) is 12.1 Å². The molecular weight excluding hydrogens is 273 g/mol. The lowest BCUT2D eigenvalue weighted by atomic mass is 9.97. The zero-order valence-electron chi connectivity index (χ0n) is 12.7. The number of nitrogens with two attached hydrogens (primary N) is 1. The van der Waals surface area contributed by atoms with E-state index in [-0.39, 0.29) is 11.7 Å². The van der Waals surface area contributed by atoms with Crippen LogP contribution in [0.3, 0.4) is 0 Å². The highest BCUT2D eigenvalue weighted by Crippen LogP contribution is 2.35. The van der Waals surface area contributed by atoms with Gasteiger partial charge in [-0.2, -0.15) is 0 Å². The number of rotatable bonds is 4. The number of carbonyl (C=O) groups is 1. The second-order valence-electron chi connectivity index (χ2n) is 5.66. The SMILES string of the molecule is CCCOc1cc(N2CCNC(=O)C2(C)C)c(N)cc1F. The van der Waals surface area contributed by atoms with Gasteiger partial charge in [0.2, 0.25) is 5.91 Å². The number of amides is 1. The van der Waals surface area contributed by atoms with Crippen molar-refractivity contribution in [1.82, 2.24) is 5.32 Å². The summed E-state index contributed by atoms with van der Waals surface area (Å²) in [6.45, 7) is 7.16. The first-order chi connectivity index (χ1) is 9.87. The number of anilines is 2. The maximum atomic E-state index is 13.9. The Labute approximate surface area is 124 Å². The van der Waals surface area contributed by atoms with Gasteiger partial charge in [-0.1, -0.05) is 6.92 Å². The van der Waals surface area contributed by atoms with Crippen LogP contribution in [0.2, 0.25) is 0 Å². The van der Waals surface area contributed by atoms with Gasteiger partial charge in [-0.25, -0.2) is 4.39 Å². The Morgan fingerprint density at radius 3 is 2.86 bits per heavy atom. The molecule has 1 amide bonds.